The van der Waals surface area contributed by atoms with Crippen LogP contribution in [0.25, 0.3) is 0 Å². The highest BCUT2D eigenvalue weighted by atomic mass is 28.4. The fraction of sp³-hybridized carbons (Fsp3) is 0.542. The maximum atomic E-state index is 16.4. The molecule has 1 heterocycles. The Morgan fingerprint density at radius 1 is 0.818 bits per heavy atom. The molecule has 7 rings (SSSR count). The molecule has 3 aromatic rings. The van der Waals surface area contributed by atoms with Gasteiger partial charge in [-0.05, 0) is 92.3 Å². The number of fused-ring (bicyclic) bond motifs is 5. The number of Topliss-reactive ketones (excluding diaryl/α,β-unsaturated/α-hetero) is 1. The summed E-state index contributed by atoms with van der Waals surface area (Å²) in [4.78, 5) is 102. The van der Waals surface area contributed by atoms with Gasteiger partial charge in [-0.1, -0.05) is 108 Å². The Kier molecular flexibility index (Phi) is 17.3. The Morgan fingerprint density at radius 2 is 1.42 bits per heavy atom. The summed E-state index contributed by atoms with van der Waals surface area (Å²) in [5, 5.41) is 16.9. The van der Waals surface area contributed by atoms with Crippen LogP contribution in [0.3, 0.4) is 0 Å². The summed E-state index contributed by atoms with van der Waals surface area (Å²) < 4.78 is 45.3. The maximum absolute atomic E-state index is 16.4. The number of ketones is 1. The molecule has 77 heavy (non-hydrogen) atoms. The molecule has 2 saturated carbocycles. The molecule has 4 N–H and O–H groups in total. The van der Waals surface area contributed by atoms with Gasteiger partial charge in [0.2, 0.25) is 0 Å². The topological polar surface area (TPSA) is 242 Å². The van der Waals surface area contributed by atoms with Gasteiger partial charge in [-0.2, -0.15) is 0 Å². The van der Waals surface area contributed by atoms with E-state index < -0.39 is 132 Å². The molecular formula is C59H76N2O15Si. The van der Waals surface area contributed by atoms with Crippen molar-refractivity contribution in [2.75, 3.05) is 13.2 Å². The first-order chi connectivity index (χ1) is 36.1. The number of hydrogen-bond acceptors (Lipinski definition) is 16. The highest BCUT2D eigenvalue weighted by Gasteiger charge is 2.79. The van der Waals surface area contributed by atoms with Gasteiger partial charge in [-0.3, -0.25) is 24.0 Å². The van der Waals surface area contributed by atoms with E-state index >= 15 is 9.59 Å². The number of ether oxygens (including phenoxy) is 6. The average molecular weight is 1080 g/mol. The normalized spacial score (nSPS) is 28.4. The van der Waals surface area contributed by atoms with E-state index in [1.807, 2.05) is 33.9 Å². The SMILES string of the molecule is CC(=O)O[C@H]1C(=O)[C@@]2(C)C([C@H](OC(=O)c3ccccc3)[C@]3(O)C[C@H](OC(=O)[C@H](O[Si](C)(C)C(C)(C)C)C(NC(=O)c4ccccc4)c4ccccc4)C(C)=C1C3(C)C)[C@]1(OC(C)=O)CO[C@@H]1C[C@@H]2OC(=O)CCCCCN. The molecule has 11 atom stereocenters. The van der Waals surface area contributed by atoms with Crippen LogP contribution in [0.4, 0.5) is 0 Å². The summed E-state index contributed by atoms with van der Waals surface area (Å²) in [6.07, 6.45) is -8.18. The van der Waals surface area contributed by atoms with Crippen LogP contribution >= 0.6 is 0 Å². The lowest BCUT2D eigenvalue weighted by Crippen LogP contribution is -2.82. The van der Waals surface area contributed by atoms with Gasteiger partial charge in [0.1, 0.15) is 30.0 Å². The van der Waals surface area contributed by atoms with Gasteiger partial charge in [0.05, 0.1) is 29.5 Å². The van der Waals surface area contributed by atoms with Crippen molar-refractivity contribution in [2.24, 2.45) is 22.5 Å². The third kappa shape index (κ3) is 11.3. The molecule has 0 aromatic heterocycles. The molecule has 4 aliphatic rings. The zero-order valence-electron chi connectivity index (χ0n) is 46.2. The molecule has 416 valence electrons. The monoisotopic (exact) mass is 1080 g/mol. The van der Waals surface area contributed by atoms with E-state index in [4.69, 9.17) is 38.6 Å². The average Bonchev–Trinajstić information content (AvgIpc) is 3.37. The lowest BCUT2D eigenvalue weighted by Gasteiger charge is -2.67. The number of hydrogen-bond donors (Lipinski definition) is 3. The predicted molar refractivity (Wildman–Crippen MR) is 285 cm³/mol. The summed E-state index contributed by atoms with van der Waals surface area (Å²) >= 11 is 0. The van der Waals surface area contributed by atoms with E-state index in [1.165, 1.54) is 26.0 Å². The highest BCUT2D eigenvalue weighted by Crippen LogP contribution is 2.65. The highest BCUT2D eigenvalue weighted by molar-refractivity contribution is 6.74. The molecule has 1 amide bonds. The minimum absolute atomic E-state index is 0.0314. The van der Waals surface area contributed by atoms with Crippen molar-refractivity contribution in [1.82, 2.24) is 5.32 Å². The minimum atomic E-state index is -2.97. The Balaban J connectivity index is 1.46. The smallest absolute Gasteiger partial charge is 0.338 e. The van der Waals surface area contributed by atoms with Gasteiger partial charge in [0.15, 0.2) is 31.9 Å². The number of benzene rings is 3. The number of unbranched alkanes of at least 4 members (excludes halogenated alkanes) is 2. The van der Waals surface area contributed by atoms with Gasteiger partial charge >= 0.3 is 29.8 Å². The third-order valence-corrected chi connectivity index (χ3v) is 21.5. The van der Waals surface area contributed by atoms with Crippen LogP contribution in [0.5, 0.6) is 0 Å². The van der Waals surface area contributed by atoms with Crippen LogP contribution in [-0.2, 0) is 56.8 Å². The van der Waals surface area contributed by atoms with Crippen LogP contribution in [0.15, 0.2) is 102 Å². The number of amides is 1. The lowest BCUT2D eigenvalue weighted by atomic mass is 9.44. The standard InChI is InChI=1S/C59H76N2O15Si/c1-35-41(72-54(68)48(76-77(10,11)55(4,5)6)46(38-24-16-12-17-25-38)61-52(66)39-26-18-13-19-27-39)33-59(69)51(74-53(67)40-28-20-14-21-29-40)49-57(9,50(65)47(71-36(2)62)45(35)56(59,7)8)42(73-44(64)30-22-15-23-31-60)32-43-58(49,34-70-43)75-37(3)63/h12-14,16-21,24-29,41-43,46-49,51,69H,15,22-23,30-34,60H2,1-11H3,(H,61,66)/t41-,42-,43+,46?,47+,48+,49?,51-,57+,58-,59+/m0/s1. The van der Waals surface area contributed by atoms with Crippen LogP contribution in [0.1, 0.15) is 133 Å². The molecule has 3 fully saturated rings. The molecule has 3 aliphatic carbocycles. The summed E-state index contributed by atoms with van der Waals surface area (Å²) in [7, 11) is -2.97. The summed E-state index contributed by atoms with van der Waals surface area (Å²) in [5.74, 6) is -7.11. The first-order valence-corrected chi connectivity index (χ1v) is 29.5. The molecule has 0 radical (unpaired) electrons. The van der Waals surface area contributed by atoms with Crippen LogP contribution in [0, 0.1) is 16.7 Å². The zero-order valence-corrected chi connectivity index (χ0v) is 47.2. The third-order valence-electron chi connectivity index (χ3n) is 17.0. The van der Waals surface area contributed by atoms with Crippen molar-refractivity contribution in [3.63, 3.8) is 0 Å². The molecule has 0 spiro atoms. The Bertz CT molecular complexity index is 2730. The van der Waals surface area contributed by atoms with Crippen LogP contribution in [0.2, 0.25) is 18.1 Å². The van der Waals surface area contributed by atoms with Gasteiger partial charge in [-0.25, -0.2) is 9.59 Å². The summed E-state index contributed by atoms with van der Waals surface area (Å²) in [6.45, 7) is 18.6. The molecule has 1 saturated heterocycles. The van der Waals surface area contributed by atoms with Gasteiger partial charge in [0.25, 0.3) is 5.91 Å². The predicted octanol–water partition coefficient (Wildman–Crippen LogP) is 7.84. The second-order valence-electron chi connectivity index (χ2n) is 23.3. The number of nitrogens with one attached hydrogen (secondary N) is 1. The first-order valence-electron chi connectivity index (χ1n) is 26.6. The number of carbonyl (C=O) groups is 7. The van der Waals surface area contributed by atoms with E-state index in [2.05, 4.69) is 5.32 Å². The van der Waals surface area contributed by atoms with Gasteiger partial charge < -0.3 is 49.0 Å². The Labute approximate surface area is 452 Å². The first kappa shape index (κ1) is 58.6. The van der Waals surface area contributed by atoms with E-state index in [0.29, 0.717) is 36.9 Å². The number of rotatable bonds is 18. The van der Waals surface area contributed by atoms with E-state index in [-0.39, 0.29) is 36.2 Å². The summed E-state index contributed by atoms with van der Waals surface area (Å²) in [5.41, 5.74) is -1.15. The van der Waals surface area contributed by atoms with Crippen molar-refractivity contribution in [2.45, 2.75) is 173 Å². The van der Waals surface area contributed by atoms with Crippen molar-refractivity contribution >= 4 is 49.9 Å². The van der Waals surface area contributed by atoms with Gasteiger partial charge in [-0.15, -0.1) is 0 Å². The number of esters is 5. The molecule has 18 heteroatoms. The molecule has 2 bridgehead atoms. The molecule has 1 aliphatic heterocycles. The number of aliphatic hydroxyl groups is 1. The van der Waals surface area contributed by atoms with E-state index in [1.54, 1.807) is 99.6 Å². The lowest BCUT2D eigenvalue weighted by molar-refractivity contribution is -0.346. The maximum Gasteiger partial charge on any atom is 0.338 e. The largest absolute Gasteiger partial charge is 0.461 e. The quantitative estimate of drug-likeness (QED) is 0.0361. The van der Waals surface area contributed by atoms with Crippen molar-refractivity contribution in [1.29, 1.82) is 0 Å². The molecule has 17 nitrogen and oxygen atoms in total. The van der Waals surface area contributed by atoms with Crippen molar-refractivity contribution in [3.8, 4) is 0 Å². The molecular weight excluding hydrogens is 1000 g/mol. The fourth-order valence-corrected chi connectivity index (χ4v) is 13.0. The fourth-order valence-electron chi connectivity index (χ4n) is 11.7. The van der Waals surface area contributed by atoms with E-state index in [0.717, 1.165) is 6.92 Å². The van der Waals surface area contributed by atoms with Crippen molar-refractivity contribution < 1.29 is 71.5 Å². The Hall–Kier alpha value is -6.05. The van der Waals surface area contributed by atoms with Gasteiger partial charge in [0, 0.05) is 44.1 Å². The zero-order chi connectivity index (χ0) is 56.5. The second kappa shape index (κ2) is 22.7. The van der Waals surface area contributed by atoms with Crippen LogP contribution < -0.4 is 11.1 Å². The summed E-state index contributed by atoms with van der Waals surface area (Å²) in [6, 6.07) is 24.2. The number of carbonyl (C=O) groups excluding carboxylic acids is 7. The van der Waals surface area contributed by atoms with E-state index in [9.17, 15) is 29.1 Å². The molecule has 2 unspecified atom stereocenters. The van der Waals surface area contributed by atoms with Crippen LogP contribution in [-0.4, -0.2) is 116 Å². The Morgan fingerprint density at radius 3 is 1.96 bits per heavy atom. The number of nitrogens with two attached hydrogens (primary N) is 1. The molecule has 3 aromatic carbocycles. The van der Waals surface area contributed by atoms with Crippen molar-refractivity contribution in [3.05, 3.63) is 119 Å². The second-order valence-corrected chi connectivity index (χ2v) is 28.0. The minimum Gasteiger partial charge on any atom is -0.461 e.